The van der Waals surface area contributed by atoms with Gasteiger partial charge in [-0.3, -0.25) is 9.59 Å². The number of carbonyl (C=O) groups is 2. The van der Waals surface area contributed by atoms with E-state index in [2.05, 4.69) is 6.92 Å². The molecule has 1 heterocycles. The van der Waals surface area contributed by atoms with E-state index in [9.17, 15) is 9.59 Å². The highest BCUT2D eigenvalue weighted by Crippen LogP contribution is 2.23. The van der Waals surface area contributed by atoms with Crippen LogP contribution in [0.25, 0.3) is 0 Å². The van der Waals surface area contributed by atoms with Crippen LogP contribution in [-0.4, -0.2) is 73.8 Å². The monoisotopic (exact) mass is 445 g/mol. The molecular weight excluding hydrogens is 410 g/mol. The van der Waals surface area contributed by atoms with E-state index >= 15 is 0 Å². The summed E-state index contributed by atoms with van der Waals surface area (Å²) in [5.41, 5.74) is 1.44. The van der Waals surface area contributed by atoms with Crippen LogP contribution in [0.4, 0.5) is 0 Å². The molecule has 0 fully saturated rings. The molecule has 0 saturated heterocycles. The van der Waals surface area contributed by atoms with Gasteiger partial charge in [0.2, 0.25) is 5.91 Å². The maximum atomic E-state index is 13.3. The standard InChI is InChI=1S/C24H35N3O5/c1-6-7-11-26(17-20-9-8-10-25(20)2)23(28)18-27(12-13-30-3)24(29)19-14-21(31-4)16-22(15-19)32-5/h8-10,14-16H,6-7,11-13,17-18H2,1-5H3. The summed E-state index contributed by atoms with van der Waals surface area (Å²) in [6.45, 7) is 3.83. The molecule has 0 N–H and O–H groups in total. The van der Waals surface area contributed by atoms with Crippen molar-refractivity contribution in [2.24, 2.45) is 7.05 Å². The van der Waals surface area contributed by atoms with E-state index in [-0.39, 0.29) is 18.4 Å². The fourth-order valence-corrected chi connectivity index (χ4v) is 3.33. The molecule has 0 saturated carbocycles. The van der Waals surface area contributed by atoms with E-state index in [0.29, 0.717) is 43.3 Å². The molecule has 0 aliphatic heterocycles. The van der Waals surface area contributed by atoms with Gasteiger partial charge in [0.05, 0.1) is 27.4 Å². The average molecular weight is 446 g/mol. The third-order valence-electron chi connectivity index (χ3n) is 5.32. The molecule has 1 aromatic carbocycles. The van der Waals surface area contributed by atoms with Crippen LogP contribution in [0.1, 0.15) is 35.8 Å². The van der Waals surface area contributed by atoms with Crippen molar-refractivity contribution in [3.8, 4) is 11.5 Å². The SMILES string of the molecule is CCCCN(Cc1cccn1C)C(=O)CN(CCOC)C(=O)c1cc(OC)cc(OC)c1. The Hall–Kier alpha value is -3.00. The van der Waals surface area contributed by atoms with Gasteiger partial charge in [-0.25, -0.2) is 0 Å². The van der Waals surface area contributed by atoms with Crippen LogP contribution < -0.4 is 9.47 Å². The predicted molar refractivity (Wildman–Crippen MR) is 123 cm³/mol. The van der Waals surface area contributed by atoms with Gasteiger partial charge in [0.15, 0.2) is 0 Å². The summed E-state index contributed by atoms with van der Waals surface area (Å²) in [4.78, 5) is 29.9. The number of methoxy groups -OCH3 is 3. The molecule has 8 nitrogen and oxygen atoms in total. The van der Waals surface area contributed by atoms with E-state index in [1.165, 1.54) is 19.1 Å². The van der Waals surface area contributed by atoms with Gasteiger partial charge in [-0.15, -0.1) is 0 Å². The summed E-state index contributed by atoms with van der Waals surface area (Å²) < 4.78 is 17.8. The maximum absolute atomic E-state index is 13.3. The Labute approximate surface area is 190 Å². The Bertz CT molecular complexity index is 858. The third kappa shape index (κ3) is 7.02. The first-order valence-electron chi connectivity index (χ1n) is 10.8. The van der Waals surface area contributed by atoms with Crippen LogP contribution in [0.2, 0.25) is 0 Å². The fourth-order valence-electron chi connectivity index (χ4n) is 3.33. The molecule has 0 unspecified atom stereocenters. The van der Waals surface area contributed by atoms with Crippen molar-refractivity contribution in [3.63, 3.8) is 0 Å². The third-order valence-corrected chi connectivity index (χ3v) is 5.32. The maximum Gasteiger partial charge on any atom is 0.254 e. The Morgan fingerprint density at radius 2 is 1.69 bits per heavy atom. The van der Waals surface area contributed by atoms with Crippen molar-refractivity contribution in [2.75, 3.05) is 47.6 Å². The number of ether oxygens (including phenoxy) is 3. The lowest BCUT2D eigenvalue weighted by Crippen LogP contribution is -2.44. The van der Waals surface area contributed by atoms with E-state index in [1.807, 2.05) is 34.8 Å². The summed E-state index contributed by atoms with van der Waals surface area (Å²) in [7, 11) is 6.60. The first kappa shape index (κ1) is 25.3. The molecule has 8 heteroatoms. The summed E-state index contributed by atoms with van der Waals surface area (Å²) in [5.74, 6) is 0.652. The number of amides is 2. The molecule has 0 spiro atoms. The minimum atomic E-state index is -0.276. The Kier molecular flexibility index (Phi) is 10.1. The van der Waals surface area contributed by atoms with Crippen molar-refractivity contribution in [3.05, 3.63) is 47.8 Å². The highest BCUT2D eigenvalue weighted by Gasteiger charge is 2.23. The number of unbranched alkanes of at least 4 members (excludes halogenated alkanes) is 1. The topological polar surface area (TPSA) is 73.2 Å². The average Bonchev–Trinajstić information content (AvgIpc) is 3.22. The smallest absolute Gasteiger partial charge is 0.254 e. The zero-order chi connectivity index (χ0) is 23.5. The highest BCUT2D eigenvalue weighted by atomic mass is 16.5. The number of rotatable bonds is 13. The van der Waals surface area contributed by atoms with Crippen molar-refractivity contribution >= 4 is 11.8 Å². The van der Waals surface area contributed by atoms with Gasteiger partial charge in [0, 0.05) is 50.8 Å². The summed E-state index contributed by atoms with van der Waals surface area (Å²) >= 11 is 0. The molecule has 0 aliphatic carbocycles. The van der Waals surface area contributed by atoms with Gasteiger partial charge >= 0.3 is 0 Å². The molecule has 0 atom stereocenters. The van der Waals surface area contributed by atoms with Crippen LogP contribution in [0.15, 0.2) is 36.5 Å². The second-order valence-corrected chi connectivity index (χ2v) is 7.60. The highest BCUT2D eigenvalue weighted by molar-refractivity contribution is 5.97. The zero-order valence-electron chi connectivity index (χ0n) is 19.8. The number of nitrogens with zero attached hydrogens (tertiary/aromatic N) is 3. The van der Waals surface area contributed by atoms with E-state index < -0.39 is 0 Å². The minimum absolute atomic E-state index is 0.0319. The van der Waals surface area contributed by atoms with E-state index in [0.717, 1.165) is 18.5 Å². The van der Waals surface area contributed by atoms with Gasteiger partial charge < -0.3 is 28.6 Å². The quantitative estimate of drug-likeness (QED) is 0.474. The van der Waals surface area contributed by atoms with Crippen LogP contribution in [-0.2, 0) is 23.1 Å². The first-order valence-corrected chi connectivity index (χ1v) is 10.8. The number of aryl methyl sites for hydroxylation is 1. The van der Waals surface area contributed by atoms with Gasteiger partial charge in [-0.1, -0.05) is 13.3 Å². The number of hydrogen-bond donors (Lipinski definition) is 0. The first-order chi connectivity index (χ1) is 15.4. The molecule has 2 aromatic rings. The minimum Gasteiger partial charge on any atom is -0.497 e. The van der Waals surface area contributed by atoms with Crippen molar-refractivity contribution in [2.45, 2.75) is 26.3 Å². The Morgan fingerprint density at radius 1 is 1.00 bits per heavy atom. The van der Waals surface area contributed by atoms with Crippen LogP contribution in [0.3, 0.4) is 0 Å². The number of benzene rings is 1. The number of hydrogen-bond acceptors (Lipinski definition) is 5. The largest absolute Gasteiger partial charge is 0.497 e. The second kappa shape index (κ2) is 12.8. The molecule has 0 radical (unpaired) electrons. The molecular formula is C24H35N3O5. The second-order valence-electron chi connectivity index (χ2n) is 7.60. The summed E-state index contributed by atoms with van der Waals surface area (Å²) in [5, 5.41) is 0. The van der Waals surface area contributed by atoms with Crippen LogP contribution in [0, 0.1) is 0 Å². The van der Waals surface area contributed by atoms with Gasteiger partial charge in [-0.2, -0.15) is 0 Å². The number of carbonyl (C=O) groups excluding carboxylic acids is 2. The Balaban J connectivity index is 2.23. The van der Waals surface area contributed by atoms with Gasteiger partial charge in [-0.05, 0) is 30.7 Å². The zero-order valence-corrected chi connectivity index (χ0v) is 19.8. The Morgan fingerprint density at radius 3 is 2.22 bits per heavy atom. The molecule has 0 aliphatic rings. The lowest BCUT2D eigenvalue weighted by molar-refractivity contribution is -0.132. The summed E-state index contributed by atoms with van der Waals surface area (Å²) in [6, 6.07) is 8.96. The summed E-state index contributed by atoms with van der Waals surface area (Å²) in [6.07, 6.45) is 3.84. The molecule has 176 valence electrons. The van der Waals surface area contributed by atoms with Crippen molar-refractivity contribution in [1.29, 1.82) is 0 Å². The molecule has 2 rings (SSSR count). The predicted octanol–water partition coefficient (Wildman–Crippen LogP) is 2.96. The van der Waals surface area contributed by atoms with Gasteiger partial charge in [0.1, 0.15) is 18.0 Å². The normalized spacial score (nSPS) is 10.7. The van der Waals surface area contributed by atoms with Crippen LogP contribution >= 0.6 is 0 Å². The van der Waals surface area contributed by atoms with Crippen molar-refractivity contribution < 1.29 is 23.8 Å². The lowest BCUT2D eigenvalue weighted by atomic mass is 10.1. The fraction of sp³-hybridized carbons (Fsp3) is 0.500. The molecule has 32 heavy (non-hydrogen) atoms. The lowest BCUT2D eigenvalue weighted by Gasteiger charge is -2.28. The number of aromatic nitrogens is 1. The van der Waals surface area contributed by atoms with Gasteiger partial charge in [0.25, 0.3) is 5.91 Å². The van der Waals surface area contributed by atoms with E-state index in [4.69, 9.17) is 14.2 Å². The molecule has 1 aromatic heterocycles. The molecule has 0 bridgehead atoms. The van der Waals surface area contributed by atoms with Crippen molar-refractivity contribution in [1.82, 2.24) is 14.4 Å². The van der Waals surface area contributed by atoms with Crippen LogP contribution in [0.5, 0.6) is 11.5 Å². The van der Waals surface area contributed by atoms with E-state index in [1.54, 1.807) is 25.3 Å². The molecule has 2 amide bonds.